The van der Waals surface area contributed by atoms with Crippen molar-refractivity contribution in [1.29, 1.82) is 0 Å². The molecule has 1 aromatic rings. The van der Waals surface area contributed by atoms with Gasteiger partial charge in [-0.05, 0) is 91.0 Å². The van der Waals surface area contributed by atoms with Gasteiger partial charge in [0.05, 0.1) is 0 Å². The fraction of sp³-hybridized carbons (Fsp3) is 0.483. The summed E-state index contributed by atoms with van der Waals surface area (Å²) in [5.74, 6) is 0.762. The minimum Gasteiger partial charge on any atom is -0.402 e. The van der Waals surface area contributed by atoms with Gasteiger partial charge in [-0.2, -0.15) is 0 Å². The third-order valence-corrected chi connectivity index (χ3v) is 6.74. The molecule has 2 nitrogen and oxygen atoms in total. The van der Waals surface area contributed by atoms with Crippen LogP contribution in [-0.4, -0.2) is 13.3 Å². The molecule has 1 aliphatic rings. The fourth-order valence-corrected chi connectivity index (χ4v) is 4.91. The minimum atomic E-state index is -0.151. The van der Waals surface area contributed by atoms with E-state index >= 15 is 0 Å². The van der Waals surface area contributed by atoms with Crippen molar-refractivity contribution in [3.05, 3.63) is 81.9 Å². The standard InChI is InChI=1S/C29H41FN2/c1-7-25(26(19-32-6)15-14-24-11-9-8-10-12-24)18-27(23(5)31)17-21(3)29-20(2)13-16-28(30)22(29)4/h7,13,15-16,18-19,21,24H,1,8-12,14,17,31H2,2-6H3/b25-18+,26-15+,27-23+,32-19-. The normalized spacial score (nSPS) is 18.1. The second-order valence-corrected chi connectivity index (χ2v) is 9.31. The first-order valence-corrected chi connectivity index (χ1v) is 12.0. The summed E-state index contributed by atoms with van der Waals surface area (Å²) < 4.78 is 14.2. The number of nitrogens with two attached hydrogens (primary N) is 1. The lowest BCUT2D eigenvalue weighted by Crippen LogP contribution is -2.07. The van der Waals surface area contributed by atoms with Gasteiger partial charge in [0.25, 0.3) is 0 Å². The van der Waals surface area contributed by atoms with Crippen LogP contribution in [0.4, 0.5) is 4.39 Å². The van der Waals surface area contributed by atoms with Crippen molar-refractivity contribution in [2.75, 3.05) is 7.05 Å². The lowest BCUT2D eigenvalue weighted by atomic mass is 9.85. The Balaban J connectivity index is 2.32. The minimum absolute atomic E-state index is 0.149. The summed E-state index contributed by atoms with van der Waals surface area (Å²) in [5, 5.41) is 0. The largest absolute Gasteiger partial charge is 0.402 e. The molecule has 1 aromatic carbocycles. The number of aryl methyl sites for hydroxylation is 1. The van der Waals surface area contributed by atoms with Gasteiger partial charge < -0.3 is 5.73 Å². The molecule has 0 amide bonds. The van der Waals surface area contributed by atoms with Crippen LogP contribution in [-0.2, 0) is 0 Å². The van der Waals surface area contributed by atoms with Gasteiger partial charge in [0.15, 0.2) is 0 Å². The van der Waals surface area contributed by atoms with Crippen LogP contribution in [0, 0.1) is 25.6 Å². The smallest absolute Gasteiger partial charge is 0.126 e. The van der Waals surface area contributed by atoms with Gasteiger partial charge in [-0.3, -0.25) is 4.99 Å². The zero-order valence-electron chi connectivity index (χ0n) is 20.7. The summed E-state index contributed by atoms with van der Waals surface area (Å²) in [5.41, 5.74) is 13.2. The van der Waals surface area contributed by atoms with E-state index < -0.39 is 0 Å². The van der Waals surface area contributed by atoms with Gasteiger partial charge in [0, 0.05) is 19.0 Å². The summed E-state index contributed by atoms with van der Waals surface area (Å²) >= 11 is 0. The molecule has 174 valence electrons. The van der Waals surface area contributed by atoms with Crippen LogP contribution in [0.5, 0.6) is 0 Å². The van der Waals surface area contributed by atoms with Crippen LogP contribution in [0.15, 0.2) is 64.3 Å². The van der Waals surface area contributed by atoms with Crippen LogP contribution in [0.1, 0.15) is 81.4 Å². The van der Waals surface area contributed by atoms with Gasteiger partial charge in [-0.15, -0.1) is 0 Å². The predicted octanol–water partition coefficient (Wildman–Crippen LogP) is 7.88. The van der Waals surface area contributed by atoms with Gasteiger partial charge in [-0.25, -0.2) is 4.39 Å². The maximum Gasteiger partial charge on any atom is 0.126 e. The third-order valence-electron chi connectivity index (χ3n) is 6.74. The lowest BCUT2D eigenvalue weighted by molar-refractivity contribution is 0.361. The second kappa shape index (κ2) is 12.6. The number of allylic oxidation sites excluding steroid dienone is 7. The average Bonchev–Trinajstić information content (AvgIpc) is 2.77. The van der Waals surface area contributed by atoms with E-state index in [1.165, 1.54) is 32.1 Å². The van der Waals surface area contributed by atoms with Crippen LogP contribution < -0.4 is 5.73 Å². The molecule has 2 N–H and O–H groups in total. The monoisotopic (exact) mass is 436 g/mol. The molecule has 0 bridgehead atoms. The maximum atomic E-state index is 14.2. The molecular weight excluding hydrogens is 395 g/mol. The number of hydrogen-bond donors (Lipinski definition) is 1. The molecule has 1 fully saturated rings. The number of aliphatic imine (C=N–C) groups is 1. The predicted molar refractivity (Wildman–Crippen MR) is 138 cm³/mol. The highest BCUT2D eigenvalue weighted by molar-refractivity contribution is 5.86. The van der Waals surface area contributed by atoms with E-state index in [4.69, 9.17) is 5.73 Å². The van der Waals surface area contributed by atoms with E-state index in [2.05, 4.69) is 30.6 Å². The Bertz CT molecular complexity index is 907. The molecule has 0 radical (unpaired) electrons. The van der Waals surface area contributed by atoms with Crippen LogP contribution in [0.25, 0.3) is 0 Å². The molecule has 32 heavy (non-hydrogen) atoms. The van der Waals surface area contributed by atoms with Gasteiger partial charge in [0.2, 0.25) is 0 Å². The Hall–Kier alpha value is -2.42. The van der Waals surface area contributed by atoms with Crippen molar-refractivity contribution in [3.63, 3.8) is 0 Å². The van der Waals surface area contributed by atoms with Crippen LogP contribution >= 0.6 is 0 Å². The Morgan fingerprint density at radius 3 is 2.50 bits per heavy atom. The summed E-state index contributed by atoms with van der Waals surface area (Å²) in [7, 11) is 1.80. The molecule has 2 rings (SSSR count). The molecular formula is C29H41FN2. The van der Waals surface area contributed by atoms with Crippen LogP contribution in [0.3, 0.4) is 0 Å². The first-order valence-electron chi connectivity index (χ1n) is 12.0. The number of benzene rings is 1. The second-order valence-electron chi connectivity index (χ2n) is 9.31. The quantitative estimate of drug-likeness (QED) is 0.310. The van der Waals surface area contributed by atoms with Crippen molar-refractivity contribution < 1.29 is 4.39 Å². The highest BCUT2D eigenvalue weighted by Crippen LogP contribution is 2.32. The van der Waals surface area contributed by atoms with Crippen molar-refractivity contribution in [3.8, 4) is 0 Å². The van der Waals surface area contributed by atoms with Gasteiger partial charge in [-0.1, -0.05) is 63.8 Å². The number of nitrogens with zero attached hydrogens (tertiary/aromatic N) is 1. The van der Waals surface area contributed by atoms with Crippen LogP contribution in [0.2, 0.25) is 0 Å². The third kappa shape index (κ3) is 7.05. The van der Waals surface area contributed by atoms with E-state index in [1.54, 1.807) is 13.1 Å². The molecule has 0 spiro atoms. The Labute approximate surface area is 194 Å². The molecule has 0 aromatic heterocycles. The van der Waals surface area contributed by atoms with E-state index in [-0.39, 0.29) is 11.7 Å². The molecule has 0 heterocycles. The zero-order valence-corrected chi connectivity index (χ0v) is 20.7. The van der Waals surface area contributed by atoms with E-state index in [0.29, 0.717) is 0 Å². The first-order chi connectivity index (χ1) is 15.3. The lowest BCUT2D eigenvalue weighted by Gasteiger charge is -2.21. The zero-order chi connectivity index (χ0) is 23.7. The molecule has 1 saturated carbocycles. The van der Waals surface area contributed by atoms with E-state index in [9.17, 15) is 4.39 Å². The highest BCUT2D eigenvalue weighted by atomic mass is 19.1. The Morgan fingerprint density at radius 2 is 1.91 bits per heavy atom. The van der Waals surface area contributed by atoms with E-state index in [0.717, 1.165) is 57.9 Å². The van der Waals surface area contributed by atoms with Crippen molar-refractivity contribution in [2.24, 2.45) is 16.6 Å². The highest BCUT2D eigenvalue weighted by Gasteiger charge is 2.17. The molecule has 1 aliphatic carbocycles. The SMILES string of the molecule is C=CC(=C\C(CC(C)c1c(C)ccc(F)c1C)=C(/C)N)/C(/C=N\C)=C/CC1CCCCC1. The summed E-state index contributed by atoms with van der Waals surface area (Å²) in [6.45, 7) is 12.1. The fourth-order valence-electron chi connectivity index (χ4n) is 4.91. The topological polar surface area (TPSA) is 38.4 Å². The maximum absolute atomic E-state index is 14.2. The van der Waals surface area contributed by atoms with E-state index in [1.807, 2.05) is 39.1 Å². The summed E-state index contributed by atoms with van der Waals surface area (Å²) in [6.07, 6.45) is 16.8. The Morgan fingerprint density at radius 1 is 1.22 bits per heavy atom. The van der Waals surface area contributed by atoms with Crippen molar-refractivity contribution >= 4 is 6.21 Å². The molecule has 0 saturated heterocycles. The number of halogens is 1. The number of hydrogen-bond acceptors (Lipinski definition) is 2. The summed E-state index contributed by atoms with van der Waals surface area (Å²) in [4.78, 5) is 4.29. The number of rotatable bonds is 9. The summed E-state index contributed by atoms with van der Waals surface area (Å²) in [6, 6.07) is 3.41. The van der Waals surface area contributed by atoms with Gasteiger partial charge in [0.1, 0.15) is 5.82 Å². The molecule has 1 unspecified atom stereocenters. The molecule has 0 aliphatic heterocycles. The van der Waals surface area contributed by atoms with Crippen molar-refractivity contribution in [1.82, 2.24) is 0 Å². The van der Waals surface area contributed by atoms with Crippen molar-refractivity contribution in [2.45, 2.75) is 78.6 Å². The first kappa shape index (κ1) is 25.8. The average molecular weight is 437 g/mol. The molecule has 3 heteroatoms. The molecule has 1 atom stereocenters. The Kier molecular flexibility index (Phi) is 10.2. The van der Waals surface area contributed by atoms with Gasteiger partial charge >= 0.3 is 0 Å².